The fourth-order valence-electron chi connectivity index (χ4n) is 2.93. The van der Waals surface area contributed by atoms with Crippen LogP contribution >= 0.6 is 0 Å². The lowest BCUT2D eigenvalue weighted by molar-refractivity contribution is 0.0596. The number of ether oxygens (including phenoxy) is 2. The van der Waals surface area contributed by atoms with Gasteiger partial charge in [-0.15, -0.1) is 0 Å². The molecule has 0 spiro atoms. The number of unbranched alkanes of at least 4 members (excludes halogenated alkanes) is 1. The van der Waals surface area contributed by atoms with E-state index in [0.717, 1.165) is 44.9 Å². The van der Waals surface area contributed by atoms with E-state index in [-0.39, 0.29) is 29.9 Å². The molecular weight excluding hydrogens is 344 g/mol. The lowest BCUT2D eigenvalue weighted by Gasteiger charge is -2.25. The number of nitrogens with two attached hydrogens (primary N) is 1. The van der Waals surface area contributed by atoms with Crippen molar-refractivity contribution in [1.82, 2.24) is 15.0 Å². The highest BCUT2D eigenvalue weighted by atomic mass is 16.5. The molecule has 0 fully saturated rings. The van der Waals surface area contributed by atoms with E-state index in [1.54, 1.807) is 0 Å². The van der Waals surface area contributed by atoms with Crippen LogP contribution in [0.2, 0.25) is 0 Å². The van der Waals surface area contributed by atoms with Crippen LogP contribution < -0.4 is 10.5 Å². The first-order valence-electron chi connectivity index (χ1n) is 10.1. The second kappa shape index (κ2) is 13.1. The van der Waals surface area contributed by atoms with E-state index < -0.39 is 0 Å². The fraction of sp³-hybridized carbons (Fsp3) is 0.750. The number of aromatic nitrogens is 3. The van der Waals surface area contributed by atoms with E-state index in [0.29, 0.717) is 12.4 Å². The van der Waals surface area contributed by atoms with Crippen molar-refractivity contribution in [2.24, 2.45) is 11.8 Å². The summed E-state index contributed by atoms with van der Waals surface area (Å²) in [5, 5.41) is 0. The summed E-state index contributed by atoms with van der Waals surface area (Å²) in [4.78, 5) is 23.1. The Bertz CT molecular complexity index is 590. The molecule has 0 saturated carbocycles. The quantitative estimate of drug-likeness (QED) is 0.386. The third kappa shape index (κ3) is 8.39. The van der Waals surface area contributed by atoms with E-state index in [1.807, 2.05) is 0 Å². The molecule has 3 unspecified atom stereocenters. The van der Waals surface area contributed by atoms with Crippen LogP contribution in [-0.2, 0) is 9.53 Å². The zero-order valence-corrected chi connectivity index (χ0v) is 17.1. The van der Waals surface area contributed by atoms with Crippen molar-refractivity contribution >= 4 is 11.9 Å². The molecular formula is C20H34N4O3. The highest BCUT2D eigenvalue weighted by Crippen LogP contribution is 2.25. The Balaban J connectivity index is 2.63. The minimum Gasteiger partial charge on any atom is -0.483 e. The molecule has 0 aliphatic heterocycles. The van der Waals surface area contributed by atoms with Gasteiger partial charge in [0.15, 0.2) is 11.7 Å². The van der Waals surface area contributed by atoms with Gasteiger partial charge in [0.05, 0.1) is 12.7 Å². The van der Waals surface area contributed by atoms with Crippen molar-refractivity contribution < 1.29 is 14.3 Å². The number of nitrogen functional groups attached to an aromatic ring is 1. The summed E-state index contributed by atoms with van der Waals surface area (Å²) >= 11 is 0. The van der Waals surface area contributed by atoms with Gasteiger partial charge < -0.3 is 15.2 Å². The van der Waals surface area contributed by atoms with E-state index in [1.165, 1.54) is 6.33 Å². The monoisotopic (exact) mass is 378 g/mol. The summed E-state index contributed by atoms with van der Waals surface area (Å²) in [6.07, 6.45) is 7.90. The average molecular weight is 379 g/mol. The van der Waals surface area contributed by atoms with Crippen LogP contribution in [0.4, 0.5) is 5.95 Å². The third-order valence-electron chi connectivity index (χ3n) is 4.81. The second-order valence-corrected chi connectivity index (χ2v) is 6.81. The van der Waals surface area contributed by atoms with Gasteiger partial charge in [-0.2, -0.15) is 9.97 Å². The normalized spacial score (nSPS) is 14.1. The topological polar surface area (TPSA) is 100 Å². The van der Waals surface area contributed by atoms with Gasteiger partial charge in [-0.1, -0.05) is 40.5 Å². The number of nitrogens with zero attached hydrogens (tertiary/aromatic N) is 3. The van der Waals surface area contributed by atoms with Gasteiger partial charge >= 0.3 is 6.01 Å². The van der Waals surface area contributed by atoms with E-state index in [9.17, 15) is 4.79 Å². The average Bonchev–Trinajstić information content (AvgIpc) is 2.69. The van der Waals surface area contributed by atoms with Gasteiger partial charge in [0.1, 0.15) is 6.33 Å². The zero-order chi connectivity index (χ0) is 20.1. The maximum absolute atomic E-state index is 11.5. The maximum Gasteiger partial charge on any atom is 0.321 e. The third-order valence-corrected chi connectivity index (χ3v) is 4.81. The number of carbonyl (C=O) groups excluding carboxylic acids is 1. The van der Waals surface area contributed by atoms with Crippen molar-refractivity contribution in [3.8, 4) is 6.01 Å². The number of hydrogen-bond donors (Lipinski definition) is 1. The summed E-state index contributed by atoms with van der Waals surface area (Å²) in [6, 6.07) is 0.231. The van der Waals surface area contributed by atoms with Crippen LogP contribution in [0.15, 0.2) is 12.1 Å². The minimum absolute atomic E-state index is 0.0332. The first-order chi connectivity index (χ1) is 13.1. The lowest BCUT2D eigenvalue weighted by Crippen LogP contribution is -2.23. The Morgan fingerprint density at radius 2 is 1.96 bits per heavy atom. The van der Waals surface area contributed by atoms with Crippen LogP contribution in [0.5, 0.6) is 6.01 Å². The van der Waals surface area contributed by atoms with Crippen LogP contribution in [0.3, 0.4) is 0 Å². The number of hydrogen-bond acceptors (Lipinski definition) is 7. The molecule has 1 heterocycles. The molecule has 0 amide bonds. The summed E-state index contributed by atoms with van der Waals surface area (Å²) < 4.78 is 11.7. The highest BCUT2D eigenvalue weighted by molar-refractivity contribution is 5.50. The Morgan fingerprint density at radius 3 is 2.52 bits per heavy atom. The van der Waals surface area contributed by atoms with Crippen molar-refractivity contribution in [2.75, 3.05) is 12.3 Å². The van der Waals surface area contributed by atoms with E-state index in [2.05, 4.69) is 48.6 Å². The Hall–Kier alpha value is -2.14. The van der Waals surface area contributed by atoms with Crippen molar-refractivity contribution in [1.29, 1.82) is 0 Å². The summed E-state index contributed by atoms with van der Waals surface area (Å²) in [7, 11) is 0. The Kier molecular flexibility index (Phi) is 11.1. The predicted octanol–water partition coefficient (Wildman–Crippen LogP) is 3.98. The lowest BCUT2D eigenvalue weighted by atomic mass is 9.96. The molecule has 1 rings (SSSR count). The van der Waals surface area contributed by atoms with Crippen LogP contribution in [-0.4, -0.2) is 33.6 Å². The van der Waals surface area contributed by atoms with Crippen LogP contribution in [0.25, 0.3) is 0 Å². The largest absolute Gasteiger partial charge is 0.483 e. The predicted molar refractivity (Wildman–Crippen MR) is 106 cm³/mol. The van der Waals surface area contributed by atoms with Crippen molar-refractivity contribution in [3.63, 3.8) is 0 Å². The summed E-state index contributed by atoms with van der Waals surface area (Å²) in [6.45, 7) is 8.88. The van der Waals surface area contributed by atoms with Gasteiger partial charge in [0.25, 0.3) is 0 Å². The van der Waals surface area contributed by atoms with Crippen molar-refractivity contribution in [2.45, 2.75) is 78.7 Å². The van der Waals surface area contributed by atoms with E-state index in [4.69, 9.17) is 15.2 Å². The molecule has 7 heteroatoms. The molecule has 2 N–H and O–H groups in total. The summed E-state index contributed by atoms with van der Waals surface area (Å²) in [5.41, 5.74) is 5.54. The van der Waals surface area contributed by atoms with Crippen LogP contribution in [0.1, 0.15) is 72.6 Å². The van der Waals surface area contributed by atoms with Crippen LogP contribution in [0, 0.1) is 11.8 Å². The SMILES string of the molecule is CCCCC(CC)C(=C=O)OC(CC)CC(CC)COc1ncnc(N)n1. The number of allylic oxidation sites excluding steroid dienone is 1. The Labute approximate surface area is 162 Å². The smallest absolute Gasteiger partial charge is 0.321 e. The highest BCUT2D eigenvalue weighted by Gasteiger charge is 2.22. The summed E-state index contributed by atoms with van der Waals surface area (Å²) in [5.74, 6) is 3.08. The molecule has 0 aromatic carbocycles. The van der Waals surface area contributed by atoms with E-state index >= 15 is 0 Å². The minimum atomic E-state index is -0.0332. The number of anilines is 1. The standard InChI is InChI=1S/C20H34N4O3/c1-5-9-10-16(7-3)18(12-25)27-17(8-4)11-15(6-2)13-26-20-23-14-22-19(21)24-20/h14-17H,5-11,13H2,1-4H3,(H2,21,22,23,24). The van der Waals surface area contributed by atoms with Gasteiger partial charge in [0.2, 0.25) is 5.95 Å². The maximum atomic E-state index is 11.5. The molecule has 0 radical (unpaired) electrons. The fourth-order valence-corrected chi connectivity index (χ4v) is 2.93. The molecule has 0 aliphatic rings. The second-order valence-electron chi connectivity index (χ2n) is 6.81. The molecule has 0 aliphatic carbocycles. The number of rotatable bonds is 14. The molecule has 0 saturated heterocycles. The Morgan fingerprint density at radius 1 is 1.19 bits per heavy atom. The molecule has 0 bridgehead atoms. The molecule has 1 aromatic heterocycles. The van der Waals surface area contributed by atoms with Gasteiger partial charge in [0, 0.05) is 5.92 Å². The molecule has 1 aromatic rings. The first-order valence-corrected chi connectivity index (χ1v) is 10.1. The molecule has 3 atom stereocenters. The molecule has 7 nitrogen and oxygen atoms in total. The van der Waals surface area contributed by atoms with Crippen molar-refractivity contribution in [3.05, 3.63) is 12.1 Å². The molecule has 27 heavy (non-hydrogen) atoms. The molecule has 152 valence electrons. The van der Waals surface area contributed by atoms with Gasteiger partial charge in [-0.05, 0) is 38.0 Å². The van der Waals surface area contributed by atoms with Gasteiger partial charge in [-0.3, -0.25) is 0 Å². The zero-order valence-electron chi connectivity index (χ0n) is 17.1. The first kappa shape index (κ1) is 22.9. The van der Waals surface area contributed by atoms with Gasteiger partial charge in [-0.25, -0.2) is 9.78 Å².